The van der Waals surface area contributed by atoms with Crippen LogP contribution in [-0.4, -0.2) is 119 Å². The van der Waals surface area contributed by atoms with Gasteiger partial charge in [-0.3, -0.25) is 43.7 Å². The Labute approximate surface area is 391 Å². The van der Waals surface area contributed by atoms with Crippen molar-refractivity contribution in [1.29, 1.82) is 0 Å². The van der Waals surface area contributed by atoms with Crippen LogP contribution >= 0.6 is 11.3 Å². The van der Waals surface area contributed by atoms with Crippen molar-refractivity contribution in [3.8, 4) is 11.1 Å². The molecule has 21 heteroatoms. The first-order valence-corrected chi connectivity index (χ1v) is 23.8. The van der Waals surface area contributed by atoms with Crippen molar-refractivity contribution in [3.63, 3.8) is 0 Å². The molecule has 5 amide bonds. The Kier molecular flexibility index (Phi) is 11.0. The average molecular weight is 949 g/mol. The lowest BCUT2D eigenvalue weighted by Crippen LogP contribution is -2.51. The SMILES string of the molecule is Cn1nc(N2CCC(=O)NC2=O)c2ccc(C3CCN(CC(=O)N4CCC(n5cc(-c6cc(F)c7c(c6)C(=O)C(C(C(=O)Nc6nccs6)c6ncn8c6CCC8)C7)cn5)CC4)CC3(F)F)cc21. The van der Waals surface area contributed by atoms with Gasteiger partial charge in [0.25, 0.3) is 5.92 Å². The molecule has 5 aliphatic rings. The average Bonchev–Trinajstić information content (AvgIpc) is 4.19. The third kappa shape index (κ3) is 7.83. The van der Waals surface area contributed by atoms with Gasteiger partial charge >= 0.3 is 6.03 Å². The lowest BCUT2D eigenvalue weighted by atomic mass is 9.84. The van der Waals surface area contributed by atoms with Crippen molar-refractivity contribution in [2.45, 2.75) is 75.3 Å². The number of aryl methyl sites for hydroxylation is 2. The third-order valence-electron chi connectivity index (χ3n) is 14.4. The predicted molar refractivity (Wildman–Crippen MR) is 243 cm³/mol. The number of benzene rings is 2. The van der Waals surface area contributed by atoms with Crippen LogP contribution in [0.5, 0.6) is 0 Å². The van der Waals surface area contributed by atoms with E-state index in [2.05, 4.69) is 30.8 Å². The Morgan fingerprint density at radius 3 is 2.62 bits per heavy atom. The van der Waals surface area contributed by atoms with E-state index < -0.39 is 48.0 Å². The number of fused-ring (bicyclic) bond motifs is 3. The summed E-state index contributed by atoms with van der Waals surface area (Å²) >= 11 is 1.27. The fraction of sp³-hybridized carbons (Fsp3) is 0.426. The molecule has 0 bridgehead atoms. The number of ketones is 1. The Morgan fingerprint density at radius 1 is 1.00 bits per heavy atom. The number of likely N-dealkylation sites (tertiary alicyclic amines) is 2. The fourth-order valence-corrected chi connectivity index (χ4v) is 11.4. The summed E-state index contributed by atoms with van der Waals surface area (Å²) in [6.07, 6.45) is 9.84. The minimum absolute atomic E-state index is 0.0552. The lowest BCUT2D eigenvalue weighted by Gasteiger charge is -2.39. The number of imidazole rings is 1. The molecule has 3 fully saturated rings. The van der Waals surface area contributed by atoms with E-state index >= 15 is 13.2 Å². The minimum atomic E-state index is -3.12. The molecule has 17 nitrogen and oxygen atoms in total. The number of halogens is 3. The number of aromatic nitrogens is 7. The summed E-state index contributed by atoms with van der Waals surface area (Å²) in [6.45, 7) is 1.37. The first-order chi connectivity index (χ1) is 32.8. The Bertz CT molecular complexity index is 3010. The molecule has 0 radical (unpaired) electrons. The number of piperidine rings is 2. The van der Waals surface area contributed by atoms with Crippen molar-refractivity contribution in [2.24, 2.45) is 13.0 Å². The van der Waals surface area contributed by atoms with Crippen molar-refractivity contribution in [3.05, 3.63) is 94.5 Å². The normalized spacial score (nSPS) is 21.3. The summed E-state index contributed by atoms with van der Waals surface area (Å²) in [5.41, 5.74) is 4.10. The number of nitrogens with one attached hydrogen (secondary N) is 2. The molecule has 1 aliphatic carbocycles. The van der Waals surface area contributed by atoms with Gasteiger partial charge < -0.3 is 14.8 Å². The van der Waals surface area contributed by atoms with Crippen LogP contribution in [0.4, 0.5) is 28.9 Å². The third-order valence-corrected chi connectivity index (χ3v) is 15.1. The van der Waals surface area contributed by atoms with Crippen LogP contribution in [-0.2, 0) is 40.8 Å². The summed E-state index contributed by atoms with van der Waals surface area (Å²) in [7, 11) is 1.68. The number of carbonyl (C=O) groups excluding carboxylic acids is 5. The van der Waals surface area contributed by atoms with Gasteiger partial charge in [0.1, 0.15) is 5.82 Å². The largest absolute Gasteiger partial charge is 0.341 e. The van der Waals surface area contributed by atoms with Gasteiger partial charge in [-0.15, -0.1) is 11.3 Å². The van der Waals surface area contributed by atoms with Gasteiger partial charge in [-0.1, -0.05) is 6.07 Å². The molecule has 3 saturated heterocycles. The van der Waals surface area contributed by atoms with Gasteiger partial charge in [0.05, 0.1) is 54.7 Å². The maximum absolute atomic E-state index is 16.0. The van der Waals surface area contributed by atoms with Crippen LogP contribution in [0.15, 0.2) is 60.6 Å². The van der Waals surface area contributed by atoms with Crippen LogP contribution in [0.3, 0.4) is 0 Å². The van der Waals surface area contributed by atoms with Crippen LogP contribution in [0.2, 0.25) is 0 Å². The van der Waals surface area contributed by atoms with E-state index in [0.717, 1.165) is 25.1 Å². The van der Waals surface area contributed by atoms with Crippen LogP contribution in [0, 0.1) is 11.7 Å². The molecule has 2 N–H and O–H groups in total. The van der Waals surface area contributed by atoms with Crippen molar-refractivity contribution in [2.75, 3.05) is 49.5 Å². The number of Topliss-reactive ketones (excluding diaryl/α,β-unsaturated/α-hetero) is 1. The monoisotopic (exact) mass is 948 g/mol. The van der Waals surface area contributed by atoms with E-state index in [1.54, 1.807) is 69.7 Å². The van der Waals surface area contributed by atoms with Crippen molar-refractivity contribution < 1.29 is 37.1 Å². The molecule has 68 heavy (non-hydrogen) atoms. The van der Waals surface area contributed by atoms with Gasteiger partial charge in [-0.2, -0.15) is 10.2 Å². The summed E-state index contributed by atoms with van der Waals surface area (Å²) in [5, 5.41) is 17.0. The fourth-order valence-electron chi connectivity index (χ4n) is 10.9. The molecular weight excluding hydrogens is 902 g/mol. The second kappa shape index (κ2) is 17.1. The number of hydrogen-bond donors (Lipinski definition) is 2. The molecular formula is C47H47F3N12O5S. The molecule has 2 aromatic carbocycles. The number of thiazole rings is 1. The van der Waals surface area contributed by atoms with Crippen LogP contribution in [0.1, 0.15) is 82.9 Å². The van der Waals surface area contributed by atoms with E-state index in [4.69, 9.17) is 0 Å². The Morgan fingerprint density at radius 2 is 1.84 bits per heavy atom. The van der Waals surface area contributed by atoms with E-state index in [9.17, 15) is 24.0 Å². The summed E-state index contributed by atoms with van der Waals surface area (Å²) < 4.78 is 53.2. The predicted octanol–water partition coefficient (Wildman–Crippen LogP) is 5.69. The molecule has 4 aliphatic heterocycles. The van der Waals surface area contributed by atoms with Gasteiger partial charge in [0.15, 0.2) is 16.7 Å². The maximum Gasteiger partial charge on any atom is 0.329 e. The molecule has 0 saturated carbocycles. The smallest absolute Gasteiger partial charge is 0.329 e. The number of imide groups is 1. The van der Waals surface area contributed by atoms with Crippen molar-refractivity contribution in [1.82, 2.24) is 49.2 Å². The molecule has 6 aromatic rings. The number of alkyl halides is 2. The van der Waals surface area contributed by atoms with Gasteiger partial charge in [-0.25, -0.2) is 27.9 Å². The zero-order valence-corrected chi connectivity index (χ0v) is 37.9. The molecule has 8 heterocycles. The van der Waals surface area contributed by atoms with E-state index in [1.807, 2.05) is 10.8 Å². The maximum atomic E-state index is 16.0. The molecule has 0 spiro atoms. The van der Waals surface area contributed by atoms with E-state index in [-0.39, 0.29) is 67.1 Å². The number of carbonyl (C=O) groups is 5. The van der Waals surface area contributed by atoms with Crippen LogP contribution < -0.4 is 15.5 Å². The number of anilines is 2. The minimum Gasteiger partial charge on any atom is -0.341 e. The van der Waals surface area contributed by atoms with E-state index in [0.29, 0.717) is 76.7 Å². The number of urea groups is 1. The second-order valence-electron chi connectivity index (χ2n) is 18.4. The molecule has 4 aromatic heterocycles. The zero-order chi connectivity index (χ0) is 47.0. The quantitative estimate of drug-likeness (QED) is 0.173. The lowest BCUT2D eigenvalue weighted by molar-refractivity contribution is -0.137. The van der Waals surface area contributed by atoms with E-state index in [1.165, 1.54) is 27.2 Å². The Hall–Kier alpha value is -6.74. The highest BCUT2D eigenvalue weighted by Crippen LogP contribution is 2.44. The van der Waals surface area contributed by atoms with Gasteiger partial charge in [-0.05, 0) is 86.0 Å². The summed E-state index contributed by atoms with van der Waals surface area (Å²) in [5.74, 6) is -7.48. The summed E-state index contributed by atoms with van der Waals surface area (Å²) in [6, 6.07) is 7.46. The number of hydrogen-bond acceptors (Lipinski definition) is 11. The number of rotatable bonds is 10. The number of nitrogens with zero attached hydrogens (tertiary/aromatic N) is 10. The first-order valence-electron chi connectivity index (χ1n) is 22.9. The molecule has 3 unspecified atom stereocenters. The first kappa shape index (κ1) is 43.8. The number of amides is 5. The highest BCUT2D eigenvalue weighted by Gasteiger charge is 2.47. The highest BCUT2D eigenvalue weighted by molar-refractivity contribution is 7.13. The second-order valence-corrected chi connectivity index (χ2v) is 19.3. The summed E-state index contributed by atoms with van der Waals surface area (Å²) in [4.78, 5) is 79.3. The highest BCUT2D eigenvalue weighted by atomic mass is 32.1. The standard InChI is InChI=1S/C47H47F3N12O5S/c1-57-37-19-26(4-5-30(37)43(56-57)61-15-9-38(63)54-46(61)67)34-8-12-58(24-47(34,49)50)23-39(64)59-13-6-29(7-14-59)62-22-28(21-53-62)27-17-32-31(35(48)18-27)20-33(42(32)65)40(44(66)55-45-51-10-16-68-45)41-36-3-2-11-60(36)25-52-41/h4-5,10,16-19,21-22,25,29,33-34,40H,2-3,6-9,11-15,20,23-24H2,1H3,(H,51,55,66)(H,54,63,67). The molecule has 11 rings (SSSR count). The molecule has 352 valence electrons. The van der Waals surface area contributed by atoms with Gasteiger partial charge in [0.2, 0.25) is 17.7 Å². The van der Waals surface area contributed by atoms with Crippen LogP contribution in [0.25, 0.3) is 22.0 Å². The Balaban J connectivity index is 0.713. The zero-order valence-electron chi connectivity index (χ0n) is 37.0. The van der Waals surface area contributed by atoms with Gasteiger partial charge in [0, 0.05) is 85.5 Å². The van der Waals surface area contributed by atoms with Crippen molar-refractivity contribution >= 4 is 62.7 Å². The topological polar surface area (TPSA) is 185 Å². The molecule has 3 atom stereocenters.